The molecule has 1 unspecified atom stereocenters. The summed E-state index contributed by atoms with van der Waals surface area (Å²) in [6, 6.07) is 5.24. The Morgan fingerprint density at radius 2 is 1.86 bits per heavy atom. The fourth-order valence-corrected chi connectivity index (χ4v) is 5.72. The maximum Gasteiger partial charge on any atom is 0.407 e. The number of hydrogen-bond acceptors (Lipinski definition) is 6. The molecule has 1 fully saturated rings. The molecule has 232 valence electrons. The van der Waals surface area contributed by atoms with Gasteiger partial charge in [-0.3, -0.25) is 9.59 Å². The molecular weight excluding hydrogens is 566 g/mol. The first-order valence-electron chi connectivity index (χ1n) is 14.0. The molecule has 13 heteroatoms. The van der Waals surface area contributed by atoms with Crippen LogP contribution in [0.3, 0.4) is 0 Å². The number of aryl methyl sites for hydroxylation is 1. The van der Waals surface area contributed by atoms with Crippen molar-refractivity contribution >= 4 is 29.7 Å². The van der Waals surface area contributed by atoms with E-state index in [0.29, 0.717) is 31.0 Å². The number of alkyl carbamates (subject to hydrolysis) is 1. The average molecular weight is 603 g/mol. The molecule has 43 heavy (non-hydrogen) atoms. The number of ether oxygens (including phenoxy) is 2. The van der Waals surface area contributed by atoms with Gasteiger partial charge in [0.15, 0.2) is 0 Å². The molecule has 2 aromatic carbocycles. The second-order valence-electron chi connectivity index (χ2n) is 11.1. The summed E-state index contributed by atoms with van der Waals surface area (Å²) in [6.45, 7) is 7.29. The quantitative estimate of drug-likeness (QED) is 0.485. The van der Waals surface area contributed by atoms with Gasteiger partial charge in [0.1, 0.15) is 17.4 Å². The molecule has 2 aliphatic rings. The molecule has 0 aliphatic carbocycles. The Bertz CT molecular complexity index is 1420. The standard InChI is InChI=1S/C30H36F2N4O7/c1-17(2)36(22-7-6-9-34(16-22)29(40)41)26(37)23-15-24-25(11-18(23)3)43-30(4,19-12-20(31)14-21(32)13-19)27(38)35(24)10-8-33-28(39)42-5/h11-15,17,22H,6-10,16H2,1-5H3,(H,33,39)(H,40,41)/t22-,30?/m1/s1. The number of carboxylic acid groups (broad SMARTS) is 1. The van der Waals surface area contributed by atoms with Crippen molar-refractivity contribution in [3.05, 3.63) is 58.7 Å². The summed E-state index contributed by atoms with van der Waals surface area (Å²) in [5.74, 6) is -2.57. The van der Waals surface area contributed by atoms with Gasteiger partial charge >= 0.3 is 12.2 Å². The van der Waals surface area contributed by atoms with Crippen molar-refractivity contribution in [1.82, 2.24) is 15.1 Å². The number of hydrogen-bond donors (Lipinski definition) is 2. The Hall–Kier alpha value is -4.42. The molecule has 1 saturated heterocycles. The third-order valence-electron chi connectivity index (χ3n) is 7.85. The van der Waals surface area contributed by atoms with E-state index in [-0.39, 0.29) is 60.2 Å². The molecule has 0 aromatic heterocycles. The molecule has 2 aliphatic heterocycles. The van der Waals surface area contributed by atoms with Gasteiger partial charge in [-0.15, -0.1) is 0 Å². The van der Waals surface area contributed by atoms with Gasteiger partial charge < -0.3 is 34.6 Å². The zero-order valence-corrected chi connectivity index (χ0v) is 24.8. The normalized spacial score (nSPS) is 19.9. The smallest absolute Gasteiger partial charge is 0.407 e. The summed E-state index contributed by atoms with van der Waals surface area (Å²) in [5, 5.41) is 12.0. The van der Waals surface area contributed by atoms with E-state index in [2.05, 4.69) is 10.1 Å². The van der Waals surface area contributed by atoms with Crippen molar-refractivity contribution in [2.24, 2.45) is 0 Å². The Kier molecular flexibility index (Phi) is 9.12. The van der Waals surface area contributed by atoms with E-state index in [1.807, 2.05) is 13.8 Å². The van der Waals surface area contributed by atoms with Gasteiger partial charge in [-0.2, -0.15) is 0 Å². The van der Waals surface area contributed by atoms with E-state index >= 15 is 0 Å². The molecule has 11 nitrogen and oxygen atoms in total. The van der Waals surface area contributed by atoms with Crippen molar-refractivity contribution < 1.29 is 42.5 Å². The second-order valence-corrected chi connectivity index (χ2v) is 11.1. The minimum Gasteiger partial charge on any atom is -0.471 e. The van der Waals surface area contributed by atoms with Crippen molar-refractivity contribution in [1.29, 1.82) is 0 Å². The van der Waals surface area contributed by atoms with Crippen LogP contribution in [0, 0.1) is 18.6 Å². The number of carbonyl (C=O) groups excluding carboxylic acids is 3. The van der Waals surface area contributed by atoms with Crippen LogP contribution < -0.4 is 15.0 Å². The highest BCUT2D eigenvalue weighted by molar-refractivity contribution is 6.05. The molecule has 0 saturated carbocycles. The Labute approximate surface area is 248 Å². The van der Waals surface area contributed by atoms with Crippen LogP contribution in [-0.4, -0.2) is 84.3 Å². The van der Waals surface area contributed by atoms with Crippen molar-refractivity contribution in [2.45, 2.75) is 58.2 Å². The van der Waals surface area contributed by atoms with Gasteiger partial charge in [0.25, 0.3) is 11.8 Å². The van der Waals surface area contributed by atoms with E-state index < -0.39 is 35.3 Å². The summed E-state index contributed by atoms with van der Waals surface area (Å²) in [7, 11) is 1.20. The topological polar surface area (TPSA) is 129 Å². The van der Waals surface area contributed by atoms with Crippen molar-refractivity contribution in [3.8, 4) is 5.75 Å². The summed E-state index contributed by atoms with van der Waals surface area (Å²) in [6.07, 6.45) is -0.517. The second kappa shape index (κ2) is 12.4. The summed E-state index contributed by atoms with van der Waals surface area (Å²) < 4.78 is 39.2. The van der Waals surface area contributed by atoms with E-state index in [0.717, 1.165) is 12.1 Å². The lowest BCUT2D eigenvalue weighted by molar-refractivity contribution is -0.135. The largest absolute Gasteiger partial charge is 0.471 e. The van der Waals surface area contributed by atoms with E-state index in [1.165, 1.54) is 29.9 Å². The first-order chi connectivity index (χ1) is 20.3. The summed E-state index contributed by atoms with van der Waals surface area (Å²) in [5.41, 5.74) is -0.835. The highest BCUT2D eigenvalue weighted by Gasteiger charge is 2.47. The fraction of sp³-hybridized carbons (Fsp3) is 0.467. The minimum atomic E-state index is -1.83. The lowest BCUT2D eigenvalue weighted by Gasteiger charge is -2.42. The van der Waals surface area contributed by atoms with Crippen LogP contribution in [0.15, 0.2) is 30.3 Å². The summed E-state index contributed by atoms with van der Waals surface area (Å²) >= 11 is 0. The Balaban J connectivity index is 1.77. The third-order valence-corrected chi connectivity index (χ3v) is 7.85. The number of methoxy groups -OCH3 is 1. The van der Waals surface area contributed by atoms with Gasteiger partial charge in [0.05, 0.1) is 18.8 Å². The van der Waals surface area contributed by atoms with Gasteiger partial charge in [-0.05, 0) is 70.4 Å². The van der Waals surface area contributed by atoms with Crippen LogP contribution in [0.25, 0.3) is 0 Å². The van der Waals surface area contributed by atoms with Crippen molar-refractivity contribution in [2.75, 3.05) is 38.2 Å². The SMILES string of the molecule is COC(=O)NCCN1C(=O)C(C)(c2cc(F)cc(F)c2)Oc2cc(C)c(C(=O)N(C(C)C)[C@@H]3CCCN(C(=O)O)C3)cc21. The zero-order valence-electron chi connectivity index (χ0n) is 24.8. The molecule has 2 heterocycles. The molecule has 4 rings (SSSR count). The summed E-state index contributed by atoms with van der Waals surface area (Å²) in [4.78, 5) is 55.7. The van der Waals surface area contributed by atoms with Crippen molar-refractivity contribution in [3.63, 3.8) is 0 Å². The van der Waals surface area contributed by atoms with E-state index in [4.69, 9.17) is 4.74 Å². The average Bonchev–Trinajstić information content (AvgIpc) is 2.94. The number of piperidine rings is 1. The van der Waals surface area contributed by atoms with Gasteiger partial charge in [-0.1, -0.05) is 0 Å². The number of benzene rings is 2. The van der Waals surface area contributed by atoms with Gasteiger partial charge in [0.2, 0.25) is 5.60 Å². The lowest BCUT2D eigenvalue weighted by atomic mass is 9.90. The molecule has 0 spiro atoms. The van der Waals surface area contributed by atoms with Crippen LogP contribution in [0.2, 0.25) is 0 Å². The number of nitrogens with zero attached hydrogens (tertiary/aromatic N) is 3. The maximum absolute atomic E-state index is 14.2. The van der Waals surface area contributed by atoms with Crippen LogP contribution >= 0.6 is 0 Å². The maximum atomic E-state index is 14.2. The van der Waals surface area contributed by atoms with Crippen LogP contribution in [0.4, 0.5) is 24.1 Å². The zero-order chi connectivity index (χ0) is 31.6. The lowest BCUT2D eigenvalue weighted by Crippen LogP contribution is -2.54. The molecule has 4 amide bonds. The number of anilines is 1. The third kappa shape index (κ3) is 6.35. The number of amides is 4. The number of likely N-dealkylation sites (tertiary alicyclic amines) is 1. The molecule has 2 atom stereocenters. The Morgan fingerprint density at radius 3 is 2.47 bits per heavy atom. The highest BCUT2D eigenvalue weighted by Crippen LogP contribution is 2.44. The molecule has 2 N–H and O–H groups in total. The van der Waals surface area contributed by atoms with E-state index in [1.54, 1.807) is 17.9 Å². The van der Waals surface area contributed by atoms with Gasteiger partial charge in [-0.25, -0.2) is 18.4 Å². The first-order valence-corrected chi connectivity index (χ1v) is 14.0. The van der Waals surface area contributed by atoms with Crippen LogP contribution in [0.5, 0.6) is 5.75 Å². The highest BCUT2D eigenvalue weighted by atomic mass is 19.1. The predicted octanol–water partition coefficient (Wildman–Crippen LogP) is 4.26. The monoisotopic (exact) mass is 602 g/mol. The fourth-order valence-electron chi connectivity index (χ4n) is 5.72. The molecular formula is C30H36F2N4O7. The number of rotatable bonds is 7. The van der Waals surface area contributed by atoms with Crippen LogP contribution in [0.1, 0.15) is 55.1 Å². The predicted molar refractivity (Wildman–Crippen MR) is 152 cm³/mol. The minimum absolute atomic E-state index is 0.0339. The molecule has 0 bridgehead atoms. The van der Waals surface area contributed by atoms with Gasteiger partial charge in [0, 0.05) is 49.4 Å². The van der Waals surface area contributed by atoms with E-state index in [9.17, 15) is 33.1 Å². The van der Waals surface area contributed by atoms with Crippen LogP contribution in [-0.2, 0) is 15.1 Å². The number of halogens is 2. The number of fused-ring (bicyclic) bond motifs is 1. The first kappa shape index (κ1) is 31.5. The molecule has 0 radical (unpaired) electrons. The Morgan fingerprint density at radius 1 is 1.19 bits per heavy atom. The molecule has 2 aromatic rings. The number of carbonyl (C=O) groups is 4. The number of nitrogens with one attached hydrogen (secondary N) is 1.